The lowest BCUT2D eigenvalue weighted by Gasteiger charge is -2.22. The summed E-state index contributed by atoms with van der Waals surface area (Å²) in [5.74, 6) is 0.945. The molecule has 0 radical (unpaired) electrons. The summed E-state index contributed by atoms with van der Waals surface area (Å²) >= 11 is 7.13. The van der Waals surface area contributed by atoms with Crippen LogP contribution in [-0.4, -0.2) is 25.1 Å². The third-order valence-corrected chi connectivity index (χ3v) is 4.20. The van der Waals surface area contributed by atoms with Gasteiger partial charge in [0.25, 0.3) is 5.09 Å². The van der Waals surface area contributed by atoms with E-state index in [1.807, 2.05) is 4.68 Å². The zero-order chi connectivity index (χ0) is 16.7. The van der Waals surface area contributed by atoms with Crippen molar-refractivity contribution >= 4 is 31.9 Å². The highest BCUT2D eigenvalue weighted by Gasteiger charge is 2.19. The van der Waals surface area contributed by atoms with Gasteiger partial charge in [0.05, 0.1) is 0 Å². The number of hydrogen-bond donors (Lipinski definition) is 1. The summed E-state index contributed by atoms with van der Waals surface area (Å²) in [6.07, 6.45) is 3.34. The van der Waals surface area contributed by atoms with Gasteiger partial charge >= 0.3 is 0 Å². The van der Waals surface area contributed by atoms with Gasteiger partial charge in [-0.1, -0.05) is 51.8 Å². The fourth-order valence-electron chi connectivity index (χ4n) is 2.00. The van der Waals surface area contributed by atoms with Crippen molar-refractivity contribution in [1.82, 2.24) is 14.8 Å². The van der Waals surface area contributed by atoms with Crippen LogP contribution in [0.25, 0.3) is 0 Å². The molecular formula is C13H16Br2N4O3. The number of rotatable bonds is 4. The van der Waals surface area contributed by atoms with E-state index in [1.165, 1.54) is 5.56 Å². The highest BCUT2D eigenvalue weighted by molar-refractivity contribution is 9.11. The minimum Gasteiger partial charge on any atom is -0.328 e. The van der Waals surface area contributed by atoms with E-state index >= 15 is 0 Å². The molecule has 1 unspecified atom stereocenters. The molecule has 0 aliphatic carbocycles. The molecule has 0 fully saturated rings. The number of aromatic nitrogens is 3. The fourth-order valence-corrected chi connectivity index (χ4v) is 3.34. The van der Waals surface area contributed by atoms with E-state index in [9.17, 15) is 0 Å². The summed E-state index contributed by atoms with van der Waals surface area (Å²) in [5.41, 5.74) is 1.31. The van der Waals surface area contributed by atoms with Crippen LogP contribution in [0.4, 0.5) is 0 Å². The largest absolute Gasteiger partial charge is 0.328 e. The van der Waals surface area contributed by atoms with E-state index in [-0.39, 0.29) is 0 Å². The second kappa shape index (κ2) is 8.84. The molecule has 2 aromatic rings. The van der Waals surface area contributed by atoms with Crippen LogP contribution in [0.5, 0.6) is 0 Å². The molecule has 0 saturated heterocycles. The van der Waals surface area contributed by atoms with Crippen LogP contribution in [0, 0.1) is 16.0 Å². The van der Waals surface area contributed by atoms with E-state index in [0.29, 0.717) is 11.8 Å². The minimum absolute atomic E-state index is 0.411. The van der Waals surface area contributed by atoms with E-state index in [1.54, 1.807) is 12.7 Å². The fraction of sp³-hybridized carbons (Fsp3) is 0.385. The number of nitrogens with zero attached hydrogens (tertiary/aromatic N) is 4. The Morgan fingerprint density at radius 3 is 2.50 bits per heavy atom. The molecule has 1 N–H and O–H groups in total. The van der Waals surface area contributed by atoms with E-state index in [4.69, 9.17) is 15.3 Å². The first kappa shape index (κ1) is 18.6. The highest BCUT2D eigenvalue weighted by atomic mass is 79.9. The van der Waals surface area contributed by atoms with Gasteiger partial charge in [0.1, 0.15) is 12.7 Å². The van der Waals surface area contributed by atoms with Crippen molar-refractivity contribution in [2.45, 2.75) is 26.3 Å². The van der Waals surface area contributed by atoms with E-state index in [0.717, 1.165) is 15.5 Å². The van der Waals surface area contributed by atoms with Crippen LogP contribution in [0.2, 0.25) is 0 Å². The van der Waals surface area contributed by atoms with Gasteiger partial charge in [-0.3, -0.25) is 4.68 Å². The Balaban J connectivity index is 0.000000541. The molecule has 0 bridgehead atoms. The average molecular weight is 436 g/mol. The predicted molar refractivity (Wildman–Crippen MR) is 88.2 cm³/mol. The molecule has 1 aromatic carbocycles. The molecule has 1 heterocycles. The maximum Gasteiger partial charge on any atom is 0.291 e. The summed E-state index contributed by atoms with van der Waals surface area (Å²) in [4.78, 5) is 12.4. The highest BCUT2D eigenvalue weighted by Crippen LogP contribution is 2.33. The zero-order valence-corrected chi connectivity index (χ0v) is 15.2. The monoisotopic (exact) mass is 434 g/mol. The molecule has 0 aliphatic rings. The molecule has 0 saturated carbocycles. The van der Waals surface area contributed by atoms with Crippen molar-refractivity contribution in [2.75, 3.05) is 0 Å². The maximum atomic E-state index is 8.36. The topological polar surface area (TPSA) is 94.1 Å². The maximum absolute atomic E-state index is 8.36. The molecule has 22 heavy (non-hydrogen) atoms. The Morgan fingerprint density at radius 2 is 2.05 bits per heavy atom. The summed E-state index contributed by atoms with van der Waals surface area (Å²) in [6.45, 7) is 5.31. The molecule has 0 aliphatic heterocycles. The van der Waals surface area contributed by atoms with Gasteiger partial charge in [0.2, 0.25) is 0 Å². The molecule has 9 heteroatoms. The Labute approximate surface area is 144 Å². The van der Waals surface area contributed by atoms with Crippen molar-refractivity contribution in [3.63, 3.8) is 0 Å². The first-order valence-electron chi connectivity index (χ1n) is 6.42. The standard InChI is InChI=1S/C13H15Br2N3.HNO3/c1-9(2)12(6-18-8-16-7-17-18)11-4-3-10(14)5-13(11)15;2-1(3)4/h3-5,7-9,12H,6H2,1-2H3;(H,2,3,4). The third kappa shape index (κ3) is 6.10. The van der Waals surface area contributed by atoms with Crippen molar-refractivity contribution in [3.05, 3.63) is 55.5 Å². The quantitative estimate of drug-likeness (QED) is 0.580. The average Bonchev–Trinajstić information content (AvgIpc) is 2.88. The number of benzene rings is 1. The van der Waals surface area contributed by atoms with Crippen molar-refractivity contribution in [1.29, 1.82) is 0 Å². The normalized spacial score (nSPS) is 11.7. The number of hydrogen-bond acceptors (Lipinski definition) is 4. The van der Waals surface area contributed by atoms with Gasteiger partial charge in [0, 0.05) is 21.4 Å². The molecule has 120 valence electrons. The summed E-state index contributed by atoms with van der Waals surface area (Å²) in [5, 5.41) is 17.8. The molecule has 7 nitrogen and oxygen atoms in total. The summed E-state index contributed by atoms with van der Waals surface area (Å²) in [6, 6.07) is 6.33. The van der Waals surface area contributed by atoms with Crippen LogP contribution in [-0.2, 0) is 6.54 Å². The van der Waals surface area contributed by atoms with Crippen molar-refractivity contribution < 1.29 is 10.3 Å². The molecule has 2 rings (SSSR count). The Bertz CT molecular complexity index is 601. The lowest BCUT2D eigenvalue weighted by atomic mass is 9.88. The Kier molecular flexibility index (Phi) is 7.46. The molecule has 0 amide bonds. The van der Waals surface area contributed by atoms with Crippen molar-refractivity contribution in [2.24, 2.45) is 5.92 Å². The van der Waals surface area contributed by atoms with Crippen LogP contribution < -0.4 is 0 Å². The number of halogens is 2. The SMILES string of the molecule is CC(C)C(Cn1cncn1)c1ccc(Br)cc1Br.O=[N+]([O-])O. The van der Waals surface area contributed by atoms with Gasteiger partial charge in [-0.15, -0.1) is 10.1 Å². The predicted octanol–water partition coefficient (Wildman–Crippen LogP) is 3.90. The van der Waals surface area contributed by atoms with Gasteiger partial charge in [0.15, 0.2) is 0 Å². The van der Waals surface area contributed by atoms with Crippen LogP contribution in [0.15, 0.2) is 39.8 Å². The van der Waals surface area contributed by atoms with E-state index in [2.05, 4.69) is 74.0 Å². The molecule has 1 atom stereocenters. The molecule has 1 aromatic heterocycles. The second-order valence-electron chi connectivity index (χ2n) is 4.87. The van der Waals surface area contributed by atoms with Crippen molar-refractivity contribution in [3.8, 4) is 0 Å². The Hall–Kier alpha value is -1.48. The second-order valence-corrected chi connectivity index (χ2v) is 6.64. The summed E-state index contributed by atoms with van der Waals surface area (Å²) in [7, 11) is 0. The first-order chi connectivity index (χ1) is 10.3. The molecular weight excluding hydrogens is 420 g/mol. The Morgan fingerprint density at radius 1 is 1.41 bits per heavy atom. The van der Waals surface area contributed by atoms with Gasteiger partial charge in [-0.05, 0) is 23.6 Å². The van der Waals surface area contributed by atoms with Crippen LogP contribution in [0.1, 0.15) is 25.3 Å². The van der Waals surface area contributed by atoms with Crippen LogP contribution in [0.3, 0.4) is 0 Å². The van der Waals surface area contributed by atoms with Gasteiger partial charge in [-0.2, -0.15) is 5.10 Å². The van der Waals surface area contributed by atoms with Crippen LogP contribution >= 0.6 is 31.9 Å². The zero-order valence-electron chi connectivity index (χ0n) is 12.1. The summed E-state index contributed by atoms with van der Waals surface area (Å²) < 4.78 is 4.11. The third-order valence-electron chi connectivity index (χ3n) is 3.02. The van der Waals surface area contributed by atoms with E-state index < -0.39 is 5.09 Å². The first-order valence-corrected chi connectivity index (χ1v) is 8.00. The van der Waals surface area contributed by atoms with Gasteiger partial charge in [-0.25, -0.2) is 4.98 Å². The minimum atomic E-state index is -1.50. The van der Waals surface area contributed by atoms with Gasteiger partial charge < -0.3 is 5.21 Å². The lowest BCUT2D eigenvalue weighted by molar-refractivity contribution is -0.742. The smallest absolute Gasteiger partial charge is 0.291 e. The lowest BCUT2D eigenvalue weighted by Crippen LogP contribution is -2.15. The molecule has 0 spiro atoms.